The summed E-state index contributed by atoms with van der Waals surface area (Å²) in [6, 6.07) is 17.9. The van der Waals surface area contributed by atoms with Crippen LogP contribution in [-0.4, -0.2) is 11.1 Å². The van der Waals surface area contributed by atoms with Gasteiger partial charge in [0.05, 0.1) is 10.6 Å². The molecule has 4 heteroatoms. The van der Waals surface area contributed by atoms with Gasteiger partial charge in [0.25, 0.3) is 5.91 Å². The number of amidine groups is 1. The number of aliphatic imine (C=N–C) groups is 1. The SMILES string of the molecule is CC(=C\c1ccccc1)/C=C1/SC(=Nc2ccc(C)cc2)NC1=O. The average molecular weight is 334 g/mol. The fraction of sp³-hybridized carbons (Fsp3) is 0.100. The third kappa shape index (κ3) is 4.24. The molecule has 120 valence electrons. The molecule has 1 N–H and O–H groups in total. The van der Waals surface area contributed by atoms with Gasteiger partial charge in [0.2, 0.25) is 0 Å². The van der Waals surface area contributed by atoms with E-state index in [0.29, 0.717) is 10.1 Å². The van der Waals surface area contributed by atoms with Crippen molar-refractivity contribution in [1.29, 1.82) is 0 Å². The molecule has 3 nitrogen and oxygen atoms in total. The summed E-state index contributed by atoms with van der Waals surface area (Å²) in [6.07, 6.45) is 3.95. The van der Waals surface area contributed by atoms with E-state index in [0.717, 1.165) is 16.8 Å². The summed E-state index contributed by atoms with van der Waals surface area (Å²) in [7, 11) is 0. The van der Waals surface area contributed by atoms with E-state index in [1.165, 1.54) is 17.3 Å². The average Bonchev–Trinajstić information content (AvgIpc) is 2.90. The Kier molecular flexibility index (Phi) is 4.96. The minimum absolute atomic E-state index is 0.105. The Morgan fingerprint density at radius 3 is 2.50 bits per heavy atom. The number of thioether (sulfide) groups is 1. The highest BCUT2D eigenvalue weighted by molar-refractivity contribution is 8.18. The molecule has 1 heterocycles. The van der Waals surface area contributed by atoms with Crippen LogP contribution >= 0.6 is 11.8 Å². The lowest BCUT2D eigenvalue weighted by Gasteiger charge is -1.97. The number of aryl methyl sites for hydroxylation is 1. The maximum absolute atomic E-state index is 12.1. The molecule has 2 aromatic carbocycles. The highest BCUT2D eigenvalue weighted by Crippen LogP contribution is 2.27. The Morgan fingerprint density at radius 1 is 1.08 bits per heavy atom. The molecule has 0 aromatic heterocycles. The van der Waals surface area contributed by atoms with E-state index in [2.05, 4.69) is 16.4 Å². The lowest BCUT2D eigenvalue weighted by molar-refractivity contribution is -0.115. The molecule has 24 heavy (non-hydrogen) atoms. The lowest BCUT2D eigenvalue weighted by Crippen LogP contribution is -2.19. The normalized spacial score (nSPS) is 18.2. The number of allylic oxidation sites excluding steroid dienone is 2. The van der Waals surface area contributed by atoms with Gasteiger partial charge in [-0.15, -0.1) is 0 Å². The summed E-state index contributed by atoms with van der Waals surface area (Å²) < 4.78 is 0. The standard InChI is InChI=1S/C20H18N2OS/c1-14-8-10-17(11-9-14)21-20-22-19(23)18(24-20)13-15(2)12-16-6-4-3-5-7-16/h3-13H,1-2H3,(H,21,22,23)/b15-12+,18-13+. The van der Waals surface area contributed by atoms with Gasteiger partial charge in [0.15, 0.2) is 5.17 Å². The summed E-state index contributed by atoms with van der Waals surface area (Å²) in [5, 5.41) is 3.43. The summed E-state index contributed by atoms with van der Waals surface area (Å²) in [5.41, 5.74) is 4.16. The number of hydrogen-bond acceptors (Lipinski definition) is 3. The number of nitrogens with zero attached hydrogens (tertiary/aromatic N) is 1. The molecule has 0 radical (unpaired) electrons. The molecular formula is C20H18N2OS. The molecule has 0 aliphatic carbocycles. The van der Waals surface area contributed by atoms with Crippen molar-refractivity contribution in [3.05, 3.63) is 82.3 Å². The Hall–Kier alpha value is -2.59. The molecule has 0 saturated carbocycles. The van der Waals surface area contributed by atoms with E-state index >= 15 is 0 Å². The second-order valence-electron chi connectivity index (χ2n) is 5.62. The third-order valence-corrected chi connectivity index (χ3v) is 4.38. The molecule has 3 rings (SSSR count). The molecule has 0 bridgehead atoms. The van der Waals surface area contributed by atoms with E-state index < -0.39 is 0 Å². The number of hydrogen-bond donors (Lipinski definition) is 1. The van der Waals surface area contributed by atoms with Gasteiger partial charge < -0.3 is 5.32 Å². The first kappa shape index (κ1) is 16.3. The van der Waals surface area contributed by atoms with Gasteiger partial charge in [-0.25, -0.2) is 4.99 Å². The van der Waals surface area contributed by atoms with E-state index in [9.17, 15) is 4.79 Å². The minimum Gasteiger partial charge on any atom is -0.300 e. The van der Waals surface area contributed by atoms with Gasteiger partial charge in [0.1, 0.15) is 0 Å². The number of benzene rings is 2. The molecule has 0 atom stereocenters. The van der Waals surface area contributed by atoms with Crippen LogP contribution in [0.2, 0.25) is 0 Å². The van der Waals surface area contributed by atoms with Crippen molar-refractivity contribution in [1.82, 2.24) is 5.32 Å². The van der Waals surface area contributed by atoms with E-state index in [4.69, 9.17) is 0 Å². The van der Waals surface area contributed by atoms with Crippen molar-refractivity contribution in [3.63, 3.8) is 0 Å². The first-order valence-corrected chi connectivity index (χ1v) is 8.51. The smallest absolute Gasteiger partial charge is 0.264 e. The summed E-state index contributed by atoms with van der Waals surface area (Å²) in [6.45, 7) is 4.02. The number of amides is 1. The van der Waals surface area contributed by atoms with Gasteiger partial charge in [0, 0.05) is 0 Å². The quantitative estimate of drug-likeness (QED) is 0.817. The molecular weight excluding hydrogens is 316 g/mol. The molecule has 1 amide bonds. The van der Waals surface area contributed by atoms with Crippen LogP contribution in [0.15, 0.2) is 76.1 Å². The minimum atomic E-state index is -0.105. The Morgan fingerprint density at radius 2 is 1.79 bits per heavy atom. The van der Waals surface area contributed by atoms with Crippen LogP contribution in [0.4, 0.5) is 5.69 Å². The summed E-state index contributed by atoms with van der Waals surface area (Å²) in [5.74, 6) is -0.105. The zero-order valence-electron chi connectivity index (χ0n) is 13.6. The number of carbonyl (C=O) groups is 1. The van der Waals surface area contributed by atoms with Crippen molar-refractivity contribution < 1.29 is 4.79 Å². The highest BCUT2D eigenvalue weighted by atomic mass is 32.2. The molecule has 1 aliphatic heterocycles. The van der Waals surface area contributed by atoms with E-state index in [1.54, 1.807) is 0 Å². The van der Waals surface area contributed by atoms with Crippen LogP contribution in [0.25, 0.3) is 6.08 Å². The summed E-state index contributed by atoms with van der Waals surface area (Å²) in [4.78, 5) is 17.2. The Balaban J connectivity index is 1.77. The Labute approximate surface area is 146 Å². The second kappa shape index (κ2) is 7.32. The van der Waals surface area contributed by atoms with Crippen LogP contribution in [0, 0.1) is 6.92 Å². The van der Waals surface area contributed by atoms with Crippen LogP contribution in [0.5, 0.6) is 0 Å². The molecule has 1 aliphatic rings. The van der Waals surface area contributed by atoms with Gasteiger partial charge in [-0.3, -0.25) is 4.79 Å². The van der Waals surface area contributed by atoms with Crippen molar-refractivity contribution in [3.8, 4) is 0 Å². The number of nitrogens with one attached hydrogen (secondary N) is 1. The van der Waals surface area contributed by atoms with Crippen molar-refractivity contribution in [2.45, 2.75) is 13.8 Å². The first-order valence-electron chi connectivity index (χ1n) is 7.70. The predicted octanol–water partition coefficient (Wildman–Crippen LogP) is 4.83. The lowest BCUT2D eigenvalue weighted by atomic mass is 10.1. The Bertz CT molecular complexity index is 834. The van der Waals surface area contributed by atoms with E-state index in [-0.39, 0.29) is 5.91 Å². The van der Waals surface area contributed by atoms with Gasteiger partial charge in [-0.2, -0.15) is 0 Å². The van der Waals surface area contributed by atoms with Crippen molar-refractivity contribution >= 4 is 34.6 Å². The monoisotopic (exact) mass is 334 g/mol. The second-order valence-corrected chi connectivity index (χ2v) is 6.65. The zero-order chi connectivity index (χ0) is 16.9. The van der Waals surface area contributed by atoms with Crippen LogP contribution < -0.4 is 5.32 Å². The third-order valence-electron chi connectivity index (χ3n) is 3.47. The first-order chi connectivity index (χ1) is 11.6. The number of rotatable bonds is 3. The maximum Gasteiger partial charge on any atom is 0.264 e. The molecule has 0 unspecified atom stereocenters. The highest BCUT2D eigenvalue weighted by Gasteiger charge is 2.23. The van der Waals surface area contributed by atoms with Gasteiger partial charge >= 0.3 is 0 Å². The molecule has 1 saturated heterocycles. The van der Waals surface area contributed by atoms with Crippen LogP contribution in [0.1, 0.15) is 18.1 Å². The maximum atomic E-state index is 12.1. The van der Waals surface area contributed by atoms with E-state index in [1.807, 2.05) is 74.5 Å². The topological polar surface area (TPSA) is 41.5 Å². The van der Waals surface area contributed by atoms with Crippen LogP contribution in [0.3, 0.4) is 0 Å². The fourth-order valence-corrected chi connectivity index (χ4v) is 3.17. The van der Waals surface area contributed by atoms with Gasteiger partial charge in [-0.05, 0) is 55.0 Å². The van der Waals surface area contributed by atoms with Crippen LogP contribution in [-0.2, 0) is 4.79 Å². The fourth-order valence-electron chi connectivity index (χ4n) is 2.28. The number of carbonyl (C=O) groups excluding carboxylic acids is 1. The zero-order valence-corrected chi connectivity index (χ0v) is 14.4. The van der Waals surface area contributed by atoms with Crippen molar-refractivity contribution in [2.24, 2.45) is 4.99 Å². The van der Waals surface area contributed by atoms with Crippen molar-refractivity contribution in [2.75, 3.05) is 0 Å². The molecule has 0 spiro atoms. The molecule has 2 aromatic rings. The summed E-state index contributed by atoms with van der Waals surface area (Å²) >= 11 is 1.37. The predicted molar refractivity (Wildman–Crippen MR) is 102 cm³/mol. The molecule has 1 fully saturated rings. The van der Waals surface area contributed by atoms with Gasteiger partial charge in [-0.1, -0.05) is 54.1 Å². The largest absolute Gasteiger partial charge is 0.300 e.